The third kappa shape index (κ3) is 14.6. The molecule has 2 atom stereocenters. The molecule has 10 rings (SSSR count). The van der Waals surface area contributed by atoms with Gasteiger partial charge in [0.15, 0.2) is 0 Å². The van der Waals surface area contributed by atoms with Crippen LogP contribution in [0.3, 0.4) is 0 Å². The summed E-state index contributed by atoms with van der Waals surface area (Å²) in [6, 6.07) is 39.2. The number of H-pyrrole nitrogens is 2. The number of benzene rings is 4. The van der Waals surface area contributed by atoms with Crippen LogP contribution in [0.4, 0.5) is 22.8 Å². The van der Waals surface area contributed by atoms with Gasteiger partial charge in [0.1, 0.15) is 30.0 Å². The molecule has 84 heavy (non-hydrogen) atoms. The molecular formula is C66H73F3N8O7. The number of fused-ring (bicyclic) bond motifs is 2. The average Bonchev–Trinajstić information content (AvgIpc) is 4.22. The number of hydrogen-bond donors (Lipinski definition) is 6. The zero-order valence-corrected chi connectivity index (χ0v) is 47.7. The Morgan fingerprint density at radius 1 is 0.536 bits per heavy atom. The quantitative estimate of drug-likeness (QED) is 0.0456. The van der Waals surface area contributed by atoms with Gasteiger partial charge in [-0.1, -0.05) is 117 Å². The van der Waals surface area contributed by atoms with Crippen molar-refractivity contribution in [1.29, 1.82) is 0 Å². The van der Waals surface area contributed by atoms with Crippen molar-refractivity contribution < 1.29 is 46.6 Å². The van der Waals surface area contributed by atoms with E-state index in [2.05, 4.69) is 47.3 Å². The average molecular weight is 1150 g/mol. The van der Waals surface area contributed by atoms with Crippen LogP contribution in [-0.4, -0.2) is 75.2 Å². The SMILES string of the molecule is COc1ccccc1COC(=O)N[C@@](C)(Cc1c[nH]c2ccccc12)C(=O)NCC1(c2ccccn2)CCCCC1.C[C@@](Cc1c[nH]c2ccccc12)(NC(=O)OCc1ccc(C(F)(F)F)cc1)C(=O)NCC1(c2ccccn2)CCCCC1. The first kappa shape index (κ1) is 59.9. The summed E-state index contributed by atoms with van der Waals surface area (Å²) in [6.45, 7) is 3.99. The van der Waals surface area contributed by atoms with E-state index in [4.69, 9.17) is 14.2 Å². The fourth-order valence-electron chi connectivity index (χ4n) is 11.9. The maximum absolute atomic E-state index is 14.0. The predicted molar refractivity (Wildman–Crippen MR) is 316 cm³/mol. The summed E-state index contributed by atoms with van der Waals surface area (Å²) >= 11 is 0. The van der Waals surface area contributed by atoms with Crippen LogP contribution in [0.25, 0.3) is 21.8 Å². The molecule has 0 bridgehead atoms. The second-order valence-corrected chi connectivity index (χ2v) is 22.6. The second kappa shape index (κ2) is 26.7. The lowest BCUT2D eigenvalue weighted by Gasteiger charge is -2.38. The van der Waals surface area contributed by atoms with E-state index in [9.17, 15) is 32.3 Å². The van der Waals surface area contributed by atoms with Gasteiger partial charge in [-0.3, -0.25) is 19.6 Å². The molecule has 0 aliphatic heterocycles. The number of alkyl halides is 3. The number of rotatable bonds is 19. The number of halogens is 3. The molecule has 2 saturated carbocycles. The zero-order valence-electron chi connectivity index (χ0n) is 47.7. The lowest BCUT2D eigenvalue weighted by Crippen LogP contribution is -2.59. The van der Waals surface area contributed by atoms with Gasteiger partial charge in [0.05, 0.1) is 12.7 Å². The molecular weight excluding hydrogens is 1070 g/mol. The summed E-state index contributed by atoms with van der Waals surface area (Å²) < 4.78 is 55.1. The van der Waals surface area contributed by atoms with E-state index in [0.717, 1.165) is 120 Å². The minimum Gasteiger partial charge on any atom is -0.496 e. The van der Waals surface area contributed by atoms with E-state index in [1.54, 1.807) is 27.2 Å². The van der Waals surface area contributed by atoms with Crippen molar-refractivity contribution in [2.24, 2.45) is 0 Å². The Morgan fingerprint density at radius 2 is 0.976 bits per heavy atom. The second-order valence-electron chi connectivity index (χ2n) is 22.6. The molecule has 2 fully saturated rings. The van der Waals surface area contributed by atoms with Crippen molar-refractivity contribution in [1.82, 2.24) is 41.2 Å². The number of amides is 4. The number of para-hydroxylation sites is 3. The van der Waals surface area contributed by atoms with Crippen LogP contribution in [0, 0.1) is 0 Å². The summed E-state index contributed by atoms with van der Waals surface area (Å²) in [5, 5.41) is 13.9. The Morgan fingerprint density at radius 3 is 1.43 bits per heavy atom. The van der Waals surface area contributed by atoms with E-state index in [1.807, 2.05) is 122 Å². The Bertz CT molecular complexity index is 3490. The molecule has 4 aromatic heterocycles. The third-order valence-electron chi connectivity index (χ3n) is 16.6. The number of carbonyl (C=O) groups excluding carboxylic acids is 4. The molecule has 0 radical (unpaired) electrons. The molecule has 4 heterocycles. The van der Waals surface area contributed by atoms with Crippen LogP contribution < -0.4 is 26.0 Å². The van der Waals surface area contributed by atoms with Crippen molar-refractivity contribution in [3.8, 4) is 5.75 Å². The first-order valence-corrected chi connectivity index (χ1v) is 28.7. The summed E-state index contributed by atoms with van der Waals surface area (Å²) in [4.78, 5) is 69.9. The zero-order chi connectivity index (χ0) is 59.2. The fourth-order valence-corrected chi connectivity index (χ4v) is 11.9. The minimum absolute atomic E-state index is 0.0173. The lowest BCUT2D eigenvalue weighted by molar-refractivity contribution is -0.137. The highest BCUT2D eigenvalue weighted by Gasteiger charge is 2.43. The van der Waals surface area contributed by atoms with Gasteiger partial charge in [0.25, 0.3) is 0 Å². The Hall–Kier alpha value is -8.67. The molecule has 6 N–H and O–H groups in total. The highest BCUT2D eigenvalue weighted by molar-refractivity contribution is 5.93. The van der Waals surface area contributed by atoms with Gasteiger partial charge in [-0.15, -0.1) is 0 Å². The molecule has 4 aromatic carbocycles. The molecule has 8 aromatic rings. The molecule has 18 heteroatoms. The van der Waals surface area contributed by atoms with Gasteiger partial charge in [-0.05, 0) is 111 Å². The number of alkyl carbamates (subject to hydrolysis) is 2. The number of aromatic nitrogens is 4. The predicted octanol–water partition coefficient (Wildman–Crippen LogP) is 12.6. The highest BCUT2D eigenvalue weighted by Crippen LogP contribution is 2.40. The van der Waals surface area contributed by atoms with E-state index in [0.29, 0.717) is 24.4 Å². The summed E-state index contributed by atoms with van der Waals surface area (Å²) in [6.07, 6.45) is 12.0. The van der Waals surface area contributed by atoms with E-state index in [1.165, 1.54) is 18.6 Å². The van der Waals surface area contributed by atoms with Crippen LogP contribution in [0.15, 0.2) is 158 Å². The summed E-state index contributed by atoms with van der Waals surface area (Å²) in [5.74, 6) is -0.00468. The smallest absolute Gasteiger partial charge is 0.416 e. The standard InChI is InChI=1S/C33H35F3N4O3.C33H38N4O4/c1-31(19-24-20-38-27-10-4-3-9-26(24)27,40-30(42)43-21-23-12-14-25(15-13-23)33(34,35)36)29(41)39-22-32(16-6-2-7-17-32)28-11-5-8-18-37-28;1-32(20-25-21-35-27-14-6-5-13-26(25)27,37-31(39)41-22-24-12-4-7-15-28(24)40-2)30(38)36-23-33(17-9-3-10-18-33)29-16-8-11-19-34-29/h3-5,8-15,18,20,38H,2,6-7,16-17,19,21-22H2,1H3,(H,39,41)(H,40,42);4-8,11-16,19,21,35H,3,9-10,17-18,20,22-23H2,1-2H3,(H,36,38)(H,37,39)/t31-;32-/m00/s1. The molecule has 4 amide bonds. The number of nitrogens with one attached hydrogen (secondary N) is 6. The van der Waals surface area contributed by atoms with E-state index < -0.39 is 35.0 Å². The van der Waals surface area contributed by atoms with Gasteiger partial charge in [0, 0.05) is 100 Å². The van der Waals surface area contributed by atoms with Crippen molar-refractivity contribution in [2.75, 3.05) is 20.2 Å². The number of nitrogens with zero attached hydrogens (tertiary/aromatic N) is 2. The van der Waals surface area contributed by atoms with Gasteiger partial charge in [0.2, 0.25) is 11.8 Å². The first-order valence-electron chi connectivity index (χ1n) is 28.7. The topological polar surface area (TPSA) is 201 Å². The fraction of sp³-hybridized carbons (Fsp3) is 0.364. The largest absolute Gasteiger partial charge is 0.496 e. The maximum atomic E-state index is 14.0. The Kier molecular flexibility index (Phi) is 19.1. The molecule has 2 aliphatic carbocycles. The van der Waals surface area contributed by atoms with Crippen molar-refractivity contribution in [3.63, 3.8) is 0 Å². The van der Waals surface area contributed by atoms with Crippen LogP contribution >= 0.6 is 0 Å². The number of aromatic amines is 2. The molecule has 0 saturated heterocycles. The lowest BCUT2D eigenvalue weighted by atomic mass is 9.71. The number of hydrogen-bond acceptors (Lipinski definition) is 9. The highest BCUT2D eigenvalue weighted by atomic mass is 19.4. The van der Waals surface area contributed by atoms with Gasteiger partial charge in [-0.2, -0.15) is 13.2 Å². The van der Waals surface area contributed by atoms with Gasteiger partial charge in [-0.25, -0.2) is 9.59 Å². The monoisotopic (exact) mass is 1150 g/mol. The number of carbonyl (C=O) groups is 4. The normalized spacial score (nSPS) is 16.1. The van der Waals surface area contributed by atoms with Crippen molar-refractivity contribution in [2.45, 2.75) is 132 Å². The number of pyridine rings is 2. The summed E-state index contributed by atoms with van der Waals surface area (Å²) in [5.41, 5.74) is 2.72. The molecule has 2 aliphatic rings. The van der Waals surface area contributed by atoms with Gasteiger partial charge < -0.3 is 45.4 Å². The van der Waals surface area contributed by atoms with Crippen molar-refractivity contribution >= 4 is 45.8 Å². The van der Waals surface area contributed by atoms with Crippen LogP contribution in [0.5, 0.6) is 5.75 Å². The Labute approximate surface area is 487 Å². The summed E-state index contributed by atoms with van der Waals surface area (Å²) in [7, 11) is 1.57. The molecule has 15 nitrogen and oxygen atoms in total. The van der Waals surface area contributed by atoms with Crippen LogP contribution in [-0.2, 0) is 62.1 Å². The molecule has 440 valence electrons. The van der Waals surface area contributed by atoms with Gasteiger partial charge >= 0.3 is 18.4 Å². The molecule has 0 unspecified atom stereocenters. The van der Waals surface area contributed by atoms with E-state index >= 15 is 0 Å². The van der Waals surface area contributed by atoms with Crippen LogP contribution in [0.2, 0.25) is 0 Å². The minimum atomic E-state index is -4.46. The molecule has 0 spiro atoms. The van der Waals surface area contributed by atoms with Crippen molar-refractivity contribution in [3.05, 3.63) is 197 Å². The third-order valence-corrected chi connectivity index (χ3v) is 16.6. The van der Waals surface area contributed by atoms with Crippen LogP contribution in [0.1, 0.15) is 117 Å². The maximum Gasteiger partial charge on any atom is 0.416 e. The van der Waals surface area contributed by atoms with E-state index in [-0.39, 0.29) is 48.7 Å². The first-order chi connectivity index (χ1) is 40.5. The number of methoxy groups -OCH3 is 1. The number of ether oxygens (including phenoxy) is 3. The Balaban J connectivity index is 0.000000202.